The summed E-state index contributed by atoms with van der Waals surface area (Å²) in [6.07, 6.45) is 1.12. The molecule has 192 valence electrons. The van der Waals surface area contributed by atoms with Gasteiger partial charge in [-0.15, -0.1) is 0 Å². The number of carbonyl (C=O) groups excluding carboxylic acids is 1. The van der Waals surface area contributed by atoms with Crippen LogP contribution in [0.25, 0.3) is 5.57 Å². The van der Waals surface area contributed by atoms with Gasteiger partial charge in [0.1, 0.15) is 10.5 Å². The predicted molar refractivity (Wildman–Crippen MR) is 139 cm³/mol. The maximum atomic E-state index is 13.8. The third-order valence-electron chi connectivity index (χ3n) is 6.09. The molecule has 0 N–H and O–H groups in total. The van der Waals surface area contributed by atoms with Gasteiger partial charge in [0.05, 0.1) is 10.6 Å². The molecule has 1 aromatic heterocycles. The Morgan fingerprint density at radius 3 is 2.00 bits per heavy atom. The highest BCUT2D eigenvalue weighted by Gasteiger charge is 2.30. The first-order chi connectivity index (χ1) is 16.6. The second-order valence-electron chi connectivity index (χ2n) is 9.08. The predicted octanol–water partition coefficient (Wildman–Crippen LogP) is 4.56. The summed E-state index contributed by atoms with van der Waals surface area (Å²) in [6.45, 7) is 10.6. The highest BCUT2D eigenvalue weighted by atomic mass is 32.2. The van der Waals surface area contributed by atoms with Gasteiger partial charge in [-0.1, -0.05) is 23.3 Å². The Kier molecular flexibility index (Phi) is 7.34. The molecule has 10 heteroatoms. The van der Waals surface area contributed by atoms with E-state index in [0.717, 1.165) is 23.0 Å². The van der Waals surface area contributed by atoms with E-state index in [4.69, 9.17) is 4.18 Å². The fourth-order valence-electron chi connectivity index (χ4n) is 3.94. The van der Waals surface area contributed by atoms with Gasteiger partial charge < -0.3 is 4.18 Å². The lowest BCUT2D eigenvalue weighted by Gasteiger charge is -2.17. The molecule has 0 fully saturated rings. The van der Waals surface area contributed by atoms with Gasteiger partial charge in [-0.05, 0) is 82.5 Å². The van der Waals surface area contributed by atoms with Crippen LogP contribution in [0.2, 0.25) is 0 Å². The van der Waals surface area contributed by atoms with Crippen LogP contribution >= 0.6 is 0 Å². The van der Waals surface area contributed by atoms with Gasteiger partial charge in [0, 0.05) is 18.9 Å². The molecular weight excluding hydrogens is 500 g/mol. The van der Waals surface area contributed by atoms with Crippen molar-refractivity contribution in [1.29, 1.82) is 0 Å². The van der Waals surface area contributed by atoms with Gasteiger partial charge >= 0.3 is 10.1 Å². The zero-order valence-corrected chi connectivity index (χ0v) is 23.3. The molecule has 0 aliphatic rings. The molecule has 2 aromatic carbocycles. The number of allylic oxidation sites excluding steroid dienone is 2. The van der Waals surface area contributed by atoms with E-state index in [2.05, 4.69) is 5.10 Å². The zero-order chi connectivity index (χ0) is 27.2. The number of benzene rings is 2. The van der Waals surface area contributed by atoms with E-state index in [-0.39, 0.29) is 32.5 Å². The van der Waals surface area contributed by atoms with Gasteiger partial charge in [0.15, 0.2) is 9.84 Å². The van der Waals surface area contributed by atoms with E-state index >= 15 is 0 Å². The first-order valence-corrected chi connectivity index (χ1v) is 14.4. The number of nitrogens with zero attached hydrogens (tertiary/aromatic N) is 2. The van der Waals surface area contributed by atoms with Crippen molar-refractivity contribution in [2.24, 2.45) is 7.05 Å². The summed E-state index contributed by atoms with van der Waals surface area (Å²) >= 11 is 0. The van der Waals surface area contributed by atoms with Crippen molar-refractivity contribution in [1.82, 2.24) is 9.78 Å². The lowest BCUT2D eigenvalue weighted by molar-refractivity contribution is 0.103. The highest BCUT2D eigenvalue weighted by molar-refractivity contribution is 7.90. The Morgan fingerprint density at radius 2 is 1.47 bits per heavy atom. The van der Waals surface area contributed by atoms with Crippen molar-refractivity contribution in [3.63, 3.8) is 0 Å². The van der Waals surface area contributed by atoms with Crippen LogP contribution in [0.15, 0.2) is 51.8 Å². The topological polar surface area (TPSA) is 112 Å². The molecule has 3 rings (SSSR count). The first-order valence-electron chi connectivity index (χ1n) is 11.1. The van der Waals surface area contributed by atoms with Crippen molar-refractivity contribution in [2.75, 3.05) is 6.26 Å². The summed E-state index contributed by atoms with van der Waals surface area (Å²) in [5, 5.41) is 4.22. The highest BCUT2D eigenvalue weighted by Crippen LogP contribution is 2.34. The smallest absolute Gasteiger partial charge is 0.340 e. The minimum atomic E-state index is -4.25. The van der Waals surface area contributed by atoms with Crippen molar-refractivity contribution < 1.29 is 25.8 Å². The maximum absolute atomic E-state index is 13.8. The second-order valence-corrected chi connectivity index (χ2v) is 12.6. The Bertz CT molecular complexity index is 1610. The normalized spacial score (nSPS) is 11.9. The minimum Gasteiger partial charge on any atom is -0.358 e. The second kappa shape index (κ2) is 9.67. The van der Waals surface area contributed by atoms with Crippen LogP contribution in [-0.4, -0.2) is 38.7 Å². The Morgan fingerprint density at radius 1 is 0.889 bits per heavy atom. The Hall–Kier alpha value is -3.24. The minimum absolute atomic E-state index is 0.0100. The van der Waals surface area contributed by atoms with E-state index in [1.165, 1.54) is 36.0 Å². The summed E-state index contributed by atoms with van der Waals surface area (Å²) in [6, 6.07) is 9.01. The van der Waals surface area contributed by atoms with Crippen LogP contribution < -0.4 is 4.18 Å². The average Bonchev–Trinajstić information content (AvgIpc) is 3.04. The lowest BCUT2D eigenvalue weighted by atomic mass is 9.91. The lowest BCUT2D eigenvalue weighted by Crippen LogP contribution is -2.16. The van der Waals surface area contributed by atoms with E-state index in [9.17, 15) is 21.6 Å². The molecule has 0 unspecified atom stereocenters. The van der Waals surface area contributed by atoms with Crippen LogP contribution in [0.4, 0.5) is 0 Å². The molecule has 0 atom stereocenters. The van der Waals surface area contributed by atoms with Crippen molar-refractivity contribution in [3.05, 3.63) is 75.5 Å². The fraction of sp³-hybridized carbons (Fsp3) is 0.308. The Labute approximate surface area is 212 Å². The molecule has 0 saturated carbocycles. The number of ketones is 1. The molecule has 0 aliphatic heterocycles. The van der Waals surface area contributed by atoms with Crippen LogP contribution in [-0.2, 0) is 27.0 Å². The van der Waals surface area contributed by atoms with Gasteiger partial charge in [-0.25, -0.2) is 13.1 Å². The molecule has 1 heterocycles. The van der Waals surface area contributed by atoms with Gasteiger partial charge in [-0.2, -0.15) is 13.5 Å². The first kappa shape index (κ1) is 27.3. The van der Waals surface area contributed by atoms with Crippen LogP contribution in [0, 0.1) is 20.8 Å². The van der Waals surface area contributed by atoms with Gasteiger partial charge in [0.2, 0.25) is 11.7 Å². The summed E-state index contributed by atoms with van der Waals surface area (Å²) < 4.78 is 57.6. The fourth-order valence-corrected chi connectivity index (χ4v) is 5.90. The third-order valence-corrected chi connectivity index (χ3v) is 8.46. The number of aryl methyl sites for hydroxylation is 3. The molecule has 0 amide bonds. The number of hydrogen-bond acceptors (Lipinski definition) is 7. The molecule has 36 heavy (non-hydrogen) atoms. The van der Waals surface area contributed by atoms with Gasteiger partial charge in [0.25, 0.3) is 0 Å². The number of rotatable bonds is 7. The number of carbonyl (C=O) groups is 1. The quantitative estimate of drug-likeness (QED) is 0.325. The largest absolute Gasteiger partial charge is 0.358 e. The average molecular weight is 531 g/mol. The van der Waals surface area contributed by atoms with Crippen molar-refractivity contribution in [2.45, 2.75) is 51.3 Å². The molecule has 3 aromatic rings. The summed E-state index contributed by atoms with van der Waals surface area (Å²) in [4.78, 5) is 13.9. The molecular formula is C26H30N2O6S2. The molecule has 0 spiro atoms. The van der Waals surface area contributed by atoms with Crippen LogP contribution in [0.1, 0.15) is 59.1 Å². The Balaban J connectivity index is 2.20. The van der Waals surface area contributed by atoms with Crippen molar-refractivity contribution >= 4 is 31.3 Å². The van der Waals surface area contributed by atoms with Gasteiger partial charge in [-0.3, -0.25) is 4.79 Å². The molecule has 0 radical (unpaired) electrons. The molecule has 0 bridgehead atoms. The van der Waals surface area contributed by atoms with E-state index in [1.807, 2.05) is 20.8 Å². The molecule has 0 aliphatic carbocycles. The SMILES string of the molecule is CC(C)=C(C)c1c(S(C)(=O)=O)ccc(C(=O)c2c(C)nn(C)c2OS(=O)(=O)c2ccc(C)cc2)c1C. The standard InChI is InChI=1S/C26H30N2O6S2/c1-15(2)17(4)23-18(5)21(13-14-22(23)35(8,30)31)25(29)24-19(6)27-28(7)26(24)34-36(32,33)20-11-9-16(3)10-12-20/h9-14H,1-8H3. The maximum Gasteiger partial charge on any atom is 0.340 e. The van der Waals surface area contributed by atoms with Crippen molar-refractivity contribution in [3.8, 4) is 5.88 Å². The zero-order valence-electron chi connectivity index (χ0n) is 21.6. The van der Waals surface area contributed by atoms with E-state index in [0.29, 0.717) is 11.1 Å². The monoisotopic (exact) mass is 530 g/mol. The summed E-state index contributed by atoms with van der Waals surface area (Å²) in [5.74, 6) is -0.736. The number of sulfone groups is 1. The number of aromatic nitrogens is 2. The molecule has 8 nitrogen and oxygen atoms in total. The summed E-state index contributed by atoms with van der Waals surface area (Å²) in [5.41, 5.74) is 3.95. The van der Waals surface area contributed by atoms with E-state index < -0.39 is 25.7 Å². The van der Waals surface area contributed by atoms with Crippen LogP contribution in [0.5, 0.6) is 5.88 Å². The van der Waals surface area contributed by atoms with Crippen LogP contribution in [0.3, 0.4) is 0 Å². The third kappa shape index (κ3) is 5.15. The van der Waals surface area contributed by atoms with E-state index in [1.54, 1.807) is 32.9 Å². The molecule has 0 saturated heterocycles. The number of hydrogen-bond donors (Lipinski definition) is 0. The summed E-state index contributed by atoms with van der Waals surface area (Å²) in [7, 11) is -6.34.